The number of nitrogens with one attached hydrogen (secondary N) is 1. The van der Waals surface area contributed by atoms with E-state index in [0.717, 1.165) is 42.0 Å². The fraction of sp³-hybridized carbons (Fsp3) is 0.350. The number of thiophene rings is 1. The molecule has 0 radical (unpaired) electrons. The molecule has 1 aromatic carbocycles. The Bertz CT molecular complexity index is 881. The zero-order valence-corrected chi connectivity index (χ0v) is 15.6. The van der Waals surface area contributed by atoms with Gasteiger partial charge in [-0.2, -0.15) is 0 Å². The first-order valence-electron chi connectivity index (χ1n) is 8.89. The van der Waals surface area contributed by atoms with Crippen LogP contribution in [0.1, 0.15) is 21.3 Å². The standard InChI is InChI=1S/C20H23N3O2S/c1-22-8-10-23(11-9-22)18(17-7-4-12-26-17)20(25)19(24)15-13-21-16-6-3-2-5-14(15)16/h2-7,12-13,18,20-21,25H,8-11H2,1H3. The van der Waals surface area contributed by atoms with Crippen molar-refractivity contribution in [2.24, 2.45) is 0 Å². The smallest absolute Gasteiger partial charge is 0.195 e. The maximum absolute atomic E-state index is 13.2. The van der Waals surface area contributed by atoms with Crippen molar-refractivity contribution < 1.29 is 9.90 Å². The third-order valence-corrected chi connectivity index (χ3v) is 6.13. The topological polar surface area (TPSA) is 59.6 Å². The quantitative estimate of drug-likeness (QED) is 0.679. The van der Waals surface area contributed by atoms with E-state index in [1.54, 1.807) is 17.5 Å². The van der Waals surface area contributed by atoms with Crippen LogP contribution < -0.4 is 0 Å². The summed E-state index contributed by atoms with van der Waals surface area (Å²) < 4.78 is 0. The van der Waals surface area contributed by atoms with E-state index < -0.39 is 6.10 Å². The number of H-pyrrole nitrogens is 1. The number of likely N-dealkylation sites (N-methyl/N-ethyl adjacent to an activating group) is 1. The lowest BCUT2D eigenvalue weighted by Gasteiger charge is -2.39. The maximum Gasteiger partial charge on any atom is 0.195 e. The Kier molecular flexibility index (Phi) is 4.91. The molecule has 3 aromatic rings. The van der Waals surface area contributed by atoms with Crippen molar-refractivity contribution in [2.45, 2.75) is 12.1 Å². The summed E-state index contributed by atoms with van der Waals surface area (Å²) in [6.45, 7) is 3.57. The summed E-state index contributed by atoms with van der Waals surface area (Å²) in [6.07, 6.45) is 0.627. The number of aromatic amines is 1. The van der Waals surface area contributed by atoms with Gasteiger partial charge in [0.1, 0.15) is 6.10 Å². The Balaban J connectivity index is 1.65. The normalized spacial score (nSPS) is 18.8. The number of aliphatic hydroxyl groups excluding tert-OH is 1. The van der Waals surface area contributed by atoms with Crippen LogP contribution in [-0.4, -0.2) is 65.0 Å². The van der Waals surface area contributed by atoms with Crippen LogP contribution in [0, 0.1) is 0 Å². The molecule has 1 saturated heterocycles. The minimum Gasteiger partial charge on any atom is -0.383 e. The number of aromatic nitrogens is 1. The summed E-state index contributed by atoms with van der Waals surface area (Å²) in [5.74, 6) is -0.222. The lowest BCUT2D eigenvalue weighted by molar-refractivity contribution is 0.0240. The first-order chi connectivity index (χ1) is 12.6. The van der Waals surface area contributed by atoms with Gasteiger partial charge in [-0.25, -0.2) is 0 Å². The second-order valence-electron chi connectivity index (χ2n) is 6.86. The second-order valence-corrected chi connectivity index (χ2v) is 7.84. The fourth-order valence-corrected chi connectivity index (χ4v) is 4.56. The van der Waals surface area contributed by atoms with E-state index >= 15 is 0 Å². The number of piperazine rings is 1. The Morgan fingerprint density at radius 3 is 2.65 bits per heavy atom. The van der Waals surface area contributed by atoms with Crippen molar-refractivity contribution in [1.29, 1.82) is 0 Å². The van der Waals surface area contributed by atoms with E-state index in [1.807, 2.05) is 41.8 Å². The number of Topliss-reactive ketones (excluding diaryl/α,β-unsaturated/α-hetero) is 1. The molecule has 4 rings (SSSR count). The van der Waals surface area contributed by atoms with Crippen LogP contribution in [0.2, 0.25) is 0 Å². The molecule has 0 amide bonds. The number of ketones is 1. The summed E-state index contributed by atoms with van der Waals surface area (Å²) in [7, 11) is 2.10. The van der Waals surface area contributed by atoms with Crippen LogP contribution in [-0.2, 0) is 0 Å². The molecule has 6 heteroatoms. The van der Waals surface area contributed by atoms with Crippen LogP contribution in [0.3, 0.4) is 0 Å². The molecule has 0 spiro atoms. The third kappa shape index (κ3) is 3.21. The first kappa shape index (κ1) is 17.4. The highest BCUT2D eigenvalue weighted by molar-refractivity contribution is 7.10. The predicted molar refractivity (Wildman–Crippen MR) is 105 cm³/mol. The molecular formula is C20H23N3O2S. The highest BCUT2D eigenvalue weighted by Gasteiger charge is 2.35. The summed E-state index contributed by atoms with van der Waals surface area (Å²) in [5.41, 5.74) is 1.47. The summed E-state index contributed by atoms with van der Waals surface area (Å²) in [4.78, 5) is 21.8. The molecule has 1 fully saturated rings. The van der Waals surface area contributed by atoms with Crippen molar-refractivity contribution >= 4 is 28.0 Å². The minimum atomic E-state index is -1.09. The van der Waals surface area contributed by atoms with Crippen molar-refractivity contribution in [3.63, 3.8) is 0 Å². The van der Waals surface area contributed by atoms with Gasteiger partial charge >= 0.3 is 0 Å². The zero-order chi connectivity index (χ0) is 18.1. The highest BCUT2D eigenvalue weighted by atomic mass is 32.1. The van der Waals surface area contributed by atoms with Crippen molar-refractivity contribution in [3.05, 3.63) is 58.4 Å². The molecule has 2 atom stereocenters. The highest BCUT2D eigenvalue weighted by Crippen LogP contribution is 2.32. The lowest BCUT2D eigenvalue weighted by Crippen LogP contribution is -2.49. The predicted octanol–water partition coefficient (Wildman–Crippen LogP) is 2.76. The number of hydrogen-bond donors (Lipinski definition) is 2. The van der Waals surface area contributed by atoms with E-state index in [1.165, 1.54) is 0 Å². The van der Waals surface area contributed by atoms with Crippen LogP contribution in [0.15, 0.2) is 48.0 Å². The Morgan fingerprint density at radius 2 is 1.92 bits per heavy atom. The molecule has 1 aliphatic heterocycles. The molecule has 0 bridgehead atoms. The zero-order valence-electron chi connectivity index (χ0n) is 14.8. The van der Waals surface area contributed by atoms with Gasteiger partial charge in [0.25, 0.3) is 0 Å². The molecular weight excluding hydrogens is 346 g/mol. The van der Waals surface area contributed by atoms with Gasteiger partial charge in [-0.05, 0) is 24.6 Å². The number of benzene rings is 1. The lowest BCUT2D eigenvalue weighted by atomic mass is 9.97. The number of para-hydroxylation sites is 1. The SMILES string of the molecule is CN1CCN(C(c2cccs2)C(O)C(=O)c2c[nH]c3ccccc23)CC1. The van der Waals surface area contributed by atoms with Gasteiger partial charge < -0.3 is 15.0 Å². The average Bonchev–Trinajstić information content (AvgIpc) is 3.32. The molecule has 26 heavy (non-hydrogen) atoms. The van der Waals surface area contributed by atoms with E-state index in [0.29, 0.717) is 5.56 Å². The Morgan fingerprint density at radius 1 is 1.15 bits per heavy atom. The van der Waals surface area contributed by atoms with E-state index in [2.05, 4.69) is 21.8 Å². The van der Waals surface area contributed by atoms with Gasteiger partial charge in [0.15, 0.2) is 5.78 Å². The summed E-state index contributed by atoms with van der Waals surface area (Å²) in [5, 5.41) is 13.9. The molecule has 0 saturated carbocycles. The minimum absolute atomic E-state index is 0.222. The number of carbonyl (C=O) groups is 1. The van der Waals surface area contributed by atoms with Crippen molar-refractivity contribution in [3.8, 4) is 0 Å². The number of aliphatic hydroxyl groups is 1. The van der Waals surface area contributed by atoms with Gasteiger partial charge in [0.2, 0.25) is 0 Å². The second kappa shape index (κ2) is 7.32. The monoisotopic (exact) mass is 369 g/mol. The number of nitrogens with zero attached hydrogens (tertiary/aromatic N) is 2. The fourth-order valence-electron chi connectivity index (χ4n) is 3.67. The molecule has 3 heterocycles. The first-order valence-corrected chi connectivity index (χ1v) is 9.77. The van der Waals surface area contributed by atoms with Gasteiger partial charge in [-0.3, -0.25) is 9.69 Å². The number of rotatable bonds is 5. The molecule has 2 aromatic heterocycles. The Labute approximate surface area is 156 Å². The molecule has 2 N–H and O–H groups in total. The van der Waals surface area contributed by atoms with Gasteiger partial charge in [-0.15, -0.1) is 11.3 Å². The summed E-state index contributed by atoms with van der Waals surface area (Å²) in [6, 6.07) is 11.4. The van der Waals surface area contributed by atoms with Crippen LogP contribution in [0.4, 0.5) is 0 Å². The van der Waals surface area contributed by atoms with Crippen LogP contribution in [0.5, 0.6) is 0 Å². The van der Waals surface area contributed by atoms with Crippen molar-refractivity contribution in [1.82, 2.24) is 14.8 Å². The summed E-state index contributed by atoms with van der Waals surface area (Å²) >= 11 is 1.60. The largest absolute Gasteiger partial charge is 0.383 e. The number of carbonyl (C=O) groups excluding carboxylic acids is 1. The van der Waals surface area contributed by atoms with Crippen LogP contribution >= 0.6 is 11.3 Å². The van der Waals surface area contributed by atoms with E-state index in [-0.39, 0.29) is 11.8 Å². The molecule has 1 aliphatic rings. The van der Waals surface area contributed by atoms with Crippen LogP contribution in [0.25, 0.3) is 10.9 Å². The third-order valence-electron chi connectivity index (χ3n) is 5.19. The van der Waals surface area contributed by atoms with E-state index in [9.17, 15) is 9.90 Å². The number of fused-ring (bicyclic) bond motifs is 1. The Hall–Kier alpha value is -1.99. The van der Waals surface area contributed by atoms with E-state index in [4.69, 9.17) is 0 Å². The average molecular weight is 369 g/mol. The van der Waals surface area contributed by atoms with Gasteiger partial charge in [-0.1, -0.05) is 24.3 Å². The molecule has 136 valence electrons. The number of hydrogen-bond acceptors (Lipinski definition) is 5. The van der Waals surface area contributed by atoms with Gasteiger partial charge in [0.05, 0.1) is 6.04 Å². The van der Waals surface area contributed by atoms with Gasteiger partial charge in [0, 0.05) is 53.7 Å². The van der Waals surface area contributed by atoms with Crippen molar-refractivity contribution in [2.75, 3.05) is 33.2 Å². The molecule has 5 nitrogen and oxygen atoms in total. The molecule has 0 aliphatic carbocycles. The molecule has 2 unspecified atom stereocenters. The maximum atomic E-state index is 13.2.